The van der Waals surface area contributed by atoms with Crippen molar-refractivity contribution in [3.8, 4) is 5.75 Å². The lowest BCUT2D eigenvalue weighted by Gasteiger charge is -2.46. The first-order valence-corrected chi connectivity index (χ1v) is 14.7. The maximum absolute atomic E-state index is 13.8. The largest absolute Gasteiger partial charge is 0.508 e. The van der Waals surface area contributed by atoms with Gasteiger partial charge in [-0.2, -0.15) is 0 Å². The minimum absolute atomic E-state index is 0.0210. The van der Waals surface area contributed by atoms with Crippen LogP contribution in [-0.2, 0) is 20.8 Å². The Labute approximate surface area is 245 Å². The number of phenols is 1. The van der Waals surface area contributed by atoms with E-state index in [2.05, 4.69) is 11.9 Å². The number of aliphatic hydroxyl groups is 4. The molecule has 0 spiro atoms. The number of primary amides is 1. The fourth-order valence-corrected chi connectivity index (χ4v) is 6.72. The number of unbranched alkanes of at least 4 members (excludes halogenated alkanes) is 4. The molecule has 1 fully saturated rings. The number of nitrogens with two attached hydrogens (primary N) is 1. The molecule has 1 amide bonds. The smallest absolute Gasteiger partial charge is 0.255 e. The average Bonchev–Trinajstić information content (AvgIpc) is 2.91. The lowest BCUT2D eigenvalue weighted by Crippen LogP contribution is -2.58. The number of hydrogen-bond donors (Lipinski definition) is 7. The number of benzene rings is 1. The summed E-state index contributed by atoms with van der Waals surface area (Å²) in [6.45, 7) is 7.81. The quantitative estimate of drug-likeness (QED) is 0.0830. The monoisotopic (exact) mass is 582 g/mol. The third kappa shape index (κ3) is 5.45. The van der Waals surface area contributed by atoms with E-state index in [9.17, 15) is 39.9 Å². The van der Waals surface area contributed by atoms with Gasteiger partial charge in [0.2, 0.25) is 5.78 Å². The van der Waals surface area contributed by atoms with Gasteiger partial charge in [-0.25, -0.2) is 0 Å². The number of carbonyl (C=O) groups excluding carboxylic acids is 3. The van der Waals surface area contributed by atoms with Gasteiger partial charge in [-0.3, -0.25) is 14.4 Å². The number of anilines is 1. The highest BCUT2D eigenvalue weighted by atomic mass is 16.3. The van der Waals surface area contributed by atoms with Crippen LogP contribution in [0.2, 0.25) is 0 Å². The van der Waals surface area contributed by atoms with E-state index in [4.69, 9.17) is 5.73 Å². The van der Waals surface area contributed by atoms with Crippen molar-refractivity contribution < 1.29 is 39.9 Å². The lowest BCUT2D eigenvalue weighted by atomic mass is 9.59. The second kappa shape index (κ2) is 12.3. The summed E-state index contributed by atoms with van der Waals surface area (Å²) < 4.78 is 0. The van der Waals surface area contributed by atoms with Gasteiger partial charge in [0.15, 0.2) is 11.4 Å². The topological polar surface area (TPSA) is 190 Å². The van der Waals surface area contributed by atoms with Gasteiger partial charge in [0.05, 0.1) is 17.4 Å². The molecule has 3 aliphatic carbocycles. The highest BCUT2D eigenvalue weighted by Crippen LogP contribution is 2.53. The van der Waals surface area contributed by atoms with Crippen LogP contribution < -0.4 is 11.1 Å². The predicted octanol–water partition coefficient (Wildman–Crippen LogP) is 3.85. The van der Waals surface area contributed by atoms with Gasteiger partial charge in [0.1, 0.15) is 22.8 Å². The molecule has 3 aliphatic rings. The number of allylic oxidation sites excluding steroid dienone is 1. The molecule has 0 radical (unpaired) electrons. The predicted molar refractivity (Wildman–Crippen MR) is 158 cm³/mol. The second-order valence-corrected chi connectivity index (χ2v) is 12.1. The zero-order chi connectivity index (χ0) is 30.9. The number of aromatic hydroxyl groups is 1. The van der Waals surface area contributed by atoms with Crippen LogP contribution in [0.4, 0.5) is 5.69 Å². The first-order chi connectivity index (χ1) is 19.8. The number of hydrogen-bond acceptors (Lipinski definition) is 9. The number of fused-ring (bicyclic) bond motifs is 3. The van der Waals surface area contributed by atoms with Gasteiger partial charge in [-0.1, -0.05) is 39.2 Å². The van der Waals surface area contributed by atoms with Crippen LogP contribution in [0.15, 0.2) is 35.6 Å². The summed E-state index contributed by atoms with van der Waals surface area (Å²) in [5.41, 5.74) is 3.48. The third-order valence-corrected chi connectivity index (χ3v) is 8.94. The van der Waals surface area contributed by atoms with Crippen LogP contribution in [0.1, 0.15) is 87.8 Å². The van der Waals surface area contributed by atoms with E-state index in [-0.39, 0.29) is 54.3 Å². The molecule has 1 aromatic rings. The Hall–Kier alpha value is -3.63. The fraction of sp³-hybridized carbons (Fsp3) is 0.531. The van der Waals surface area contributed by atoms with Gasteiger partial charge < -0.3 is 36.6 Å². The van der Waals surface area contributed by atoms with Crippen molar-refractivity contribution >= 4 is 28.9 Å². The van der Waals surface area contributed by atoms with Crippen LogP contribution in [-0.4, -0.2) is 61.3 Å². The zero-order valence-corrected chi connectivity index (χ0v) is 24.3. The van der Waals surface area contributed by atoms with Crippen molar-refractivity contribution in [3.05, 3.63) is 52.3 Å². The number of aliphatic hydroxyl groups excluding tert-OH is 3. The summed E-state index contributed by atoms with van der Waals surface area (Å²) in [6, 6.07) is 1.79. The molecule has 4 atom stereocenters. The number of amides is 1. The highest BCUT2D eigenvalue weighted by molar-refractivity contribution is 6.22. The normalized spacial score (nSPS) is 24.3. The molecule has 1 unspecified atom stereocenters. The Morgan fingerprint density at radius 3 is 2.50 bits per heavy atom. The molecule has 10 heteroatoms. The summed E-state index contributed by atoms with van der Waals surface area (Å²) >= 11 is 0. The van der Waals surface area contributed by atoms with E-state index < -0.39 is 58.1 Å². The number of nitrogens with one attached hydrogen (secondary N) is 1. The molecule has 228 valence electrons. The molecule has 42 heavy (non-hydrogen) atoms. The van der Waals surface area contributed by atoms with Crippen molar-refractivity contribution in [2.45, 2.75) is 89.3 Å². The van der Waals surface area contributed by atoms with Gasteiger partial charge in [0, 0.05) is 24.5 Å². The van der Waals surface area contributed by atoms with Gasteiger partial charge >= 0.3 is 0 Å². The Kier molecular flexibility index (Phi) is 9.18. The van der Waals surface area contributed by atoms with Crippen LogP contribution in [0.3, 0.4) is 0 Å². The number of phenolic OH excluding ortho intramolecular Hbond substituents is 1. The zero-order valence-electron chi connectivity index (χ0n) is 24.3. The molecule has 0 aromatic heterocycles. The van der Waals surface area contributed by atoms with Crippen LogP contribution >= 0.6 is 0 Å². The minimum atomic E-state index is -2.60. The first kappa shape index (κ1) is 31.3. The third-order valence-electron chi connectivity index (χ3n) is 8.94. The van der Waals surface area contributed by atoms with E-state index in [0.717, 1.165) is 37.7 Å². The standard InChI is InChI=1S/C32H42N2O8/c1-4-5-6-7-8-9-10-19(35)15-34-22-14-20(16(2)3)21-12-17-11-18-13-23(36)26(31(33)41)30(40)32(18,42)29(39)24(17)28(38)25(21)27(22)37/h4,14,16-19,34-35,37-38,40,42H,1,5-13,15H2,2-3H3,(H2,33,41)/t17-,18+,19?,32+/m1/s1. The van der Waals surface area contributed by atoms with Gasteiger partial charge in [-0.05, 0) is 61.1 Å². The van der Waals surface area contributed by atoms with E-state index in [1.165, 1.54) is 0 Å². The van der Waals surface area contributed by atoms with E-state index >= 15 is 0 Å². The Morgan fingerprint density at radius 2 is 1.86 bits per heavy atom. The van der Waals surface area contributed by atoms with E-state index in [0.29, 0.717) is 12.0 Å². The molecule has 0 aliphatic heterocycles. The molecule has 0 heterocycles. The van der Waals surface area contributed by atoms with E-state index in [1.807, 2.05) is 19.9 Å². The first-order valence-electron chi connectivity index (χ1n) is 14.7. The fourth-order valence-electron chi connectivity index (χ4n) is 6.72. The highest BCUT2D eigenvalue weighted by Gasteiger charge is 2.60. The second-order valence-electron chi connectivity index (χ2n) is 12.1. The van der Waals surface area contributed by atoms with Crippen molar-refractivity contribution in [1.82, 2.24) is 0 Å². The molecule has 8 N–H and O–H groups in total. The number of rotatable bonds is 12. The molecule has 10 nitrogen and oxygen atoms in total. The minimum Gasteiger partial charge on any atom is -0.508 e. The maximum atomic E-state index is 13.8. The van der Waals surface area contributed by atoms with Crippen molar-refractivity contribution in [3.63, 3.8) is 0 Å². The Morgan fingerprint density at radius 1 is 1.17 bits per heavy atom. The molecule has 1 saturated carbocycles. The molecule has 1 aromatic carbocycles. The molecular formula is C32H42N2O8. The van der Waals surface area contributed by atoms with Crippen LogP contribution in [0.5, 0.6) is 5.75 Å². The van der Waals surface area contributed by atoms with Gasteiger partial charge in [-0.15, -0.1) is 6.58 Å². The Bertz CT molecular complexity index is 1360. The van der Waals surface area contributed by atoms with Crippen LogP contribution in [0.25, 0.3) is 5.76 Å². The maximum Gasteiger partial charge on any atom is 0.255 e. The summed E-state index contributed by atoms with van der Waals surface area (Å²) in [6.07, 6.45) is 6.76. The number of Topliss-reactive ketones (excluding diaryl/α,β-unsaturated/α-hetero) is 2. The van der Waals surface area contributed by atoms with Crippen molar-refractivity contribution in [1.29, 1.82) is 0 Å². The summed E-state index contributed by atoms with van der Waals surface area (Å²) in [4.78, 5) is 38.2. The molecule has 4 rings (SSSR count). The van der Waals surface area contributed by atoms with Crippen molar-refractivity contribution in [2.24, 2.45) is 17.6 Å². The SMILES string of the molecule is C=CCCCCCCC(O)CNc1cc(C(C)C)c2c(c1O)C(O)=C1C(=O)[C@]3(O)C(O)=C(C(N)=O)C(=O)C[C@@H]3C[C@@H]1C2. The number of ketones is 2. The van der Waals surface area contributed by atoms with Crippen LogP contribution in [0, 0.1) is 11.8 Å². The van der Waals surface area contributed by atoms with E-state index in [1.54, 1.807) is 6.07 Å². The lowest BCUT2D eigenvalue weighted by molar-refractivity contribution is -0.147. The summed E-state index contributed by atoms with van der Waals surface area (Å²) in [7, 11) is 0. The van der Waals surface area contributed by atoms with Gasteiger partial charge in [0.25, 0.3) is 5.91 Å². The molecule has 0 bridgehead atoms. The summed E-state index contributed by atoms with van der Waals surface area (Å²) in [5, 5.41) is 58.6. The average molecular weight is 583 g/mol. The van der Waals surface area contributed by atoms with Crippen molar-refractivity contribution in [2.75, 3.05) is 11.9 Å². The Balaban J connectivity index is 1.66. The summed E-state index contributed by atoms with van der Waals surface area (Å²) in [5.74, 6) is -6.56. The molecular weight excluding hydrogens is 540 g/mol. The number of carbonyl (C=O) groups is 3. The molecule has 0 saturated heterocycles.